The molecule has 140 valence electrons. The van der Waals surface area contributed by atoms with Crippen molar-refractivity contribution in [2.24, 2.45) is 7.05 Å². The molecule has 0 radical (unpaired) electrons. The summed E-state index contributed by atoms with van der Waals surface area (Å²) >= 11 is 1.52. The third-order valence-corrected chi connectivity index (χ3v) is 5.09. The zero-order chi connectivity index (χ0) is 19.6. The second-order valence-corrected chi connectivity index (χ2v) is 7.06. The molecule has 8 heteroatoms. The minimum atomic E-state index is -1.08. The molecule has 0 aliphatic rings. The fraction of sp³-hybridized carbons (Fsp3) is 0.263. The van der Waals surface area contributed by atoms with Crippen molar-refractivity contribution in [1.82, 2.24) is 20.1 Å². The predicted molar refractivity (Wildman–Crippen MR) is 105 cm³/mol. The van der Waals surface area contributed by atoms with E-state index in [1.54, 1.807) is 43.8 Å². The Bertz CT molecular complexity index is 1020. The lowest BCUT2D eigenvalue weighted by Gasteiger charge is -2.14. The van der Waals surface area contributed by atoms with Crippen molar-refractivity contribution >= 4 is 34.2 Å². The minimum Gasteiger partial charge on any atom is -0.480 e. The lowest BCUT2D eigenvalue weighted by Crippen LogP contribution is -2.40. The number of aryl methyl sites for hydroxylation is 2. The summed E-state index contributed by atoms with van der Waals surface area (Å²) in [6.45, 7) is 3.61. The number of amides is 1. The summed E-state index contributed by atoms with van der Waals surface area (Å²) in [5.41, 5.74) is 2.29. The van der Waals surface area contributed by atoms with Crippen LogP contribution in [0.25, 0.3) is 21.6 Å². The van der Waals surface area contributed by atoms with Gasteiger partial charge in [0.25, 0.3) is 5.91 Å². The summed E-state index contributed by atoms with van der Waals surface area (Å²) in [6.07, 6.45) is 3.69. The van der Waals surface area contributed by atoms with Crippen LogP contribution in [-0.2, 0) is 11.8 Å². The first-order valence-electron chi connectivity index (χ1n) is 8.45. The molecule has 0 aliphatic carbocycles. The predicted octanol–water partition coefficient (Wildman–Crippen LogP) is 3.15. The van der Waals surface area contributed by atoms with E-state index in [-0.39, 0.29) is 6.42 Å². The number of carbonyl (C=O) groups excluding carboxylic acids is 1. The number of carboxylic acids is 1. The van der Waals surface area contributed by atoms with E-state index in [0.717, 1.165) is 4.88 Å². The van der Waals surface area contributed by atoms with Gasteiger partial charge in [-0.1, -0.05) is 18.2 Å². The van der Waals surface area contributed by atoms with E-state index in [4.69, 9.17) is 0 Å². The Hall–Kier alpha value is -3.00. The first kappa shape index (κ1) is 18.8. The second-order valence-electron chi connectivity index (χ2n) is 6.11. The van der Waals surface area contributed by atoms with Crippen molar-refractivity contribution in [3.05, 3.63) is 47.0 Å². The Morgan fingerprint density at radius 2 is 2.22 bits per heavy atom. The fourth-order valence-corrected chi connectivity index (χ4v) is 3.59. The first-order valence-corrected chi connectivity index (χ1v) is 9.33. The number of thiophene rings is 1. The van der Waals surface area contributed by atoms with Crippen molar-refractivity contribution in [2.45, 2.75) is 26.3 Å². The second kappa shape index (κ2) is 7.71. The maximum atomic E-state index is 13.0. The van der Waals surface area contributed by atoms with Crippen molar-refractivity contribution < 1.29 is 14.7 Å². The molecular weight excluding hydrogens is 364 g/mol. The lowest BCUT2D eigenvalue weighted by molar-refractivity contribution is -0.139. The fourth-order valence-electron chi connectivity index (χ4n) is 2.90. The van der Waals surface area contributed by atoms with Gasteiger partial charge in [-0.15, -0.1) is 11.3 Å². The molecule has 0 saturated carbocycles. The maximum Gasteiger partial charge on any atom is 0.326 e. The molecule has 0 fully saturated rings. The smallest absolute Gasteiger partial charge is 0.326 e. The number of hydrogen-bond donors (Lipinski definition) is 2. The third kappa shape index (κ3) is 3.75. The van der Waals surface area contributed by atoms with E-state index in [1.807, 2.05) is 17.5 Å². The van der Waals surface area contributed by atoms with Gasteiger partial charge in [-0.05, 0) is 37.8 Å². The number of hydrogen-bond acceptors (Lipinski definition) is 5. The highest BCUT2D eigenvalue weighted by Gasteiger charge is 2.24. The Morgan fingerprint density at radius 1 is 1.44 bits per heavy atom. The van der Waals surface area contributed by atoms with Crippen molar-refractivity contribution in [2.75, 3.05) is 0 Å². The summed E-state index contributed by atoms with van der Waals surface area (Å²) in [6, 6.07) is 4.54. The van der Waals surface area contributed by atoms with Crippen LogP contribution in [0.3, 0.4) is 0 Å². The number of aliphatic carboxylic acids is 1. The highest BCUT2D eigenvalue weighted by atomic mass is 32.1. The number of pyridine rings is 1. The van der Waals surface area contributed by atoms with Crippen molar-refractivity contribution in [3.8, 4) is 10.6 Å². The first-order chi connectivity index (χ1) is 12.9. The van der Waals surface area contributed by atoms with Gasteiger partial charge in [0.1, 0.15) is 6.04 Å². The van der Waals surface area contributed by atoms with Crippen LogP contribution < -0.4 is 5.32 Å². The van der Waals surface area contributed by atoms with Gasteiger partial charge in [-0.3, -0.25) is 9.48 Å². The standard InChI is InChI=1S/C19H20N4O3S/c1-4-5-7-13(19(25)26)21-18(24)12-10-14(15-8-6-9-27-15)20-17-16(12)11(2)22-23(17)3/h4-6,8-10,13H,7H2,1-3H3,(H,21,24)(H,25,26)/b5-4+. The number of fused-ring (bicyclic) bond motifs is 1. The third-order valence-electron chi connectivity index (χ3n) is 4.20. The summed E-state index contributed by atoms with van der Waals surface area (Å²) in [5, 5.41) is 19.0. The van der Waals surface area contributed by atoms with E-state index < -0.39 is 17.9 Å². The SMILES string of the molecule is C/C=C/CC(NC(=O)c1cc(-c2cccs2)nc2c1c(C)nn2C)C(=O)O. The van der Waals surface area contributed by atoms with Crippen LogP contribution in [0.1, 0.15) is 29.4 Å². The molecule has 3 aromatic heterocycles. The Balaban J connectivity index is 2.08. The molecule has 0 aliphatic heterocycles. The average molecular weight is 384 g/mol. The van der Waals surface area contributed by atoms with Crippen LogP contribution in [0, 0.1) is 6.92 Å². The number of rotatable bonds is 6. The van der Waals surface area contributed by atoms with E-state index in [1.165, 1.54) is 11.3 Å². The number of nitrogens with zero attached hydrogens (tertiary/aromatic N) is 3. The van der Waals surface area contributed by atoms with Gasteiger partial charge < -0.3 is 10.4 Å². The van der Waals surface area contributed by atoms with Gasteiger partial charge in [-0.2, -0.15) is 5.10 Å². The molecular formula is C19H20N4O3S. The summed E-state index contributed by atoms with van der Waals surface area (Å²) in [4.78, 5) is 30.0. The van der Waals surface area contributed by atoms with Crippen LogP contribution in [0.15, 0.2) is 35.7 Å². The Morgan fingerprint density at radius 3 is 2.85 bits per heavy atom. The molecule has 1 unspecified atom stereocenters. The van der Waals surface area contributed by atoms with Crippen LogP contribution in [0.2, 0.25) is 0 Å². The van der Waals surface area contributed by atoms with Gasteiger partial charge in [0.05, 0.1) is 27.2 Å². The molecule has 0 bridgehead atoms. The van der Waals surface area contributed by atoms with E-state index in [2.05, 4.69) is 15.4 Å². The summed E-state index contributed by atoms with van der Waals surface area (Å²) in [7, 11) is 1.77. The number of aromatic nitrogens is 3. The lowest BCUT2D eigenvalue weighted by atomic mass is 10.1. The molecule has 3 aromatic rings. The molecule has 3 rings (SSSR count). The van der Waals surface area contributed by atoms with Crippen molar-refractivity contribution in [3.63, 3.8) is 0 Å². The van der Waals surface area contributed by atoms with Gasteiger partial charge in [0, 0.05) is 7.05 Å². The van der Waals surface area contributed by atoms with Gasteiger partial charge in [0.2, 0.25) is 0 Å². The number of allylic oxidation sites excluding steroid dienone is 1. The molecule has 0 aromatic carbocycles. The zero-order valence-corrected chi connectivity index (χ0v) is 16.1. The van der Waals surface area contributed by atoms with Crippen LogP contribution in [-0.4, -0.2) is 37.8 Å². The number of carbonyl (C=O) groups is 2. The van der Waals surface area contributed by atoms with E-state index in [0.29, 0.717) is 28.0 Å². The molecule has 0 saturated heterocycles. The largest absolute Gasteiger partial charge is 0.480 e. The number of nitrogens with one attached hydrogen (secondary N) is 1. The molecule has 7 nitrogen and oxygen atoms in total. The highest BCUT2D eigenvalue weighted by molar-refractivity contribution is 7.13. The topological polar surface area (TPSA) is 97.1 Å². The molecule has 2 N–H and O–H groups in total. The summed E-state index contributed by atoms with van der Waals surface area (Å²) < 4.78 is 1.63. The summed E-state index contributed by atoms with van der Waals surface area (Å²) in [5.74, 6) is -1.53. The average Bonchev–Trinajstić information content (AvgIpc) is 3.26. The number of carboxylic acid groups (broad SMARTS) is 1. The Kier molecular flexibility index (Phi) is 5.36. The molecule has 27 heavy (non-hydrogen) atoms. The maximum absolute atomic E-state index is 13.0. The molecule has 1 atom stereocenters. The van der Waals surface area contributed by atoms with Gasteiger partial charge in [0.15, 0.2) is 5.65 Å². The normalized spacial score (nSPS) is 12.6. The molecule has 3 heterocycles. The van der Waals surface area contributed by atoms with Crippen molar-refractivity contribution in [1.29, 1.82) is 0 Å². The molecule has 1 amide bonds. The van der Waals surface area contributed by atoms with Gasteiger partial charge in [-0.25, -0.2) is 9.78 Å². The monoisotopic (exact) mass is 384 g/mol. The quantitative estimate of drug-likeness (QED) is 0.636. The zero-order valence-electron chi connectivity index (χ0n) is 15.3. The van der Waals surface area contributed by atoms with E-state index >= 15 is 0 Å². The van der Waals surface area contributed by atoms with Crippen LogP contribution >= 0.6 is 11.3 Å². The van der Waals surface area contributed by atoms with E-state index in [9.17, 15) is 14.7 Å². The van der Waals surface area contributed by atoms with Gasteiger partial charge >= 0.3 is 5.97 Å². The van der Waals surface area contributed by atoms with Crippen LogP contribution in [0.5, 0.6) is 0 Å². The Labute approximate surface area is 160 Å². The minimum absolute atomic E-state index is 0.218. The highest BCUT2D eigenvalue weighted by Crippen LogP contribution is 2.29. The van der Waals surface area contributed by atoms with Crippen LogP contribution in [0.4, 0.5) is 0 Å². The molecule has 0 spiro atoms.